The second-order valence-corrected chi connectivity index (χ2v) is 7.49. The summed E-state index contributed by atoms with van der Waals surface area (Å²) in [7, 11) is 0. The average molecular weight is 498 g/mol. The zero-order valence-corrected chi connectivity index (χ0v) is 17.5. The highest BCUT2D eigenvalue weighted by Crippen LogP contribution is 2.29. The van der Waals surface area contributed by atoms with Crippen molar-refractivity contribution in [3.63, 3.8) is 0 Å². The maximum atomic E-state index is 12.8. The van der Waals surface area contributed by atoms with Crippen molar-refractivity contribution in [1.29, 1.82) is 0 Å². The molecule has 0 aliphatic heterocycles. The van der Waals surface area contributed by atoms with E-state index >= 15 is 0 Å². The first-order valence-corrected chi connectivity index (χ1v) is 9.72. The van der Waals surface area contributed by atoms with Gasteiger partial charge in [-0.25, -0.2) is 14.8 Å². The van der Waals surface area contributed by atoms with Crippen LogP contribution in [0.1, 0.15) is 17.1 Å². The molecule has 0 saturated carbocycles. The molecule has 0 amide bonds. The predicted molar refractivity (Wildman–Crippen MR) is 109 cm³/mol. The van der Waals surface area contributed by atoms with E-state index in [1.165, 1.54) is 29.0 Å². The molecule has 0 atom stereocenters. The molecule has 0 spiro atoms. The lowest BCUT2D eigenvalue weighted by Gasteiger charge is -2.14. The maximum absolute atomic E-state index is 12.8. The predicted octanol–water partition coefficient (Wildman–Crippen LogP) is 3.47. The third-order valence-electron chi connectivity index (χ3n) is 4.27. The van der Waals surface area contributed by atoms with E-state index in [9.17, 15) is 18.0 Å². The molecule has 3 N–H and O–H groups in total. The van der Waals surface area contributed by atoms with Gasteiger partial charge in [-0.05, 0) is 25.1 Å². The Hall–Kier alpha value is -3.35. The molecule has 0 aliphatic carbocycles. The lowest BCUT2D eigenvalue weighted by atomic mass is 10.2. The van der Waals surface area contributed by atoms with Crippen LogP contribution in [0.15, 0.2) is 39.9 Å². The highest BCUT2D eigenvalue weighted by Gasteiger charge is 2.32. The van der Waals surface area contributed by atoms with Crippen LogP contribution in [0.25, 0.3) is 11.2 Å². The van der Waals surface area contributed by atoms with Crippen molar-refractivity contribution in [1.82, 2.24) is 29.5 Å². The summed E-state index contributed by atoms with van der Waals surface area (Å²) in [6, 6.07) is 4.05. The number of aromatic nitrogens is 6. The minimum atomic E-state index is -4.86. The first-order valence-electron chi connectivity index (χ1n) is 8.92. The van der Waals surface area contributed by atoms with Crippen LogP contribution in [0.3, 0.4) is 0 Å². The fourth-order valence-corrected chi connectivity index (χ4v) is 3.38. The number of imidazole rings is 2. The Bertz CT molecular complexity index is 1300. The number of fused-ring (bicyclic) bond motifs is 1. The van der Waals surface area contributed by atoms with Crippen LogP contribution in [0.2, 0.25) is 0 Å². The van der Waals surface area contributed by atoms with Crippen molar-refractivity contribution in [2.45, 2.75) is 26.4 Å². The van der Waals surface area contributed by atoms with Crippen molar-refractivity contribution < 1.29 is 17.9 Å². The van der Waals surface area contributed by atoms with Gasteiger partial charge in [-0.2, -0.15) is 4.98 Å². The first kappa shape index (κ1) is 20.9. The third kappa shape index (κ3) is 4.87. The highest BCUT2D eigenvalue weighted by molar-refractivity contribution is 9.10. The molecule has 3 heterocycles. The van der Waals surface area contributed by atoms with Gasteiger partial charge < -0.3 is 20.0 Å². The van der Waals surface area contributed by atoms with Gasteiger partial charge in [0, 0.05) is 16.2 Å². The second-order valence-electron chi connectivity index (χ2n) is 6.58. The van der Waals surface area contributed by atoms with Crippen LogP contribution in [-0.4, -0.2) is 35.8 Å². The van der Waals surface area contributed by atoms with Crippen molar-refractivity contribution in [3.8, 4) is 5.75 Å². The van der Waals surface area contributed by atoms with Gasteiger partial charge in [-0.15, -0.1) is 13.2 Å². The topological polar surface area (TPSA) is 114 Å². The van der Waals surface area contributed by atoms with Crippen molar-refractivity contribution in [2.24, 2.45) is 0 Å². The number of halogens is 4. The first-order chi connectivity index (χ1) is 14.7. The number of ether oxygens (including phenoxy) is 1. The summed E-state index contributed by atoms with van der Waals surface area (Å²) >= 11 is 3.23. The lowest BCUT2D eigenvalue weighted by Crippen LogP contribution is -2.21. The van der Waals surface area contributed by atoms with Crippen LogP contribution < -0.4 is 15.7 Å². The molecule has 31 heavy (non-hydrogen) atoms. The van der Waals surface area contributed by atoms with Crippen molar-refractivity contribution in [2.75, 3.05) is 5.32 Å². The molecule has 0 aliphatic rings. The molecule has 1 aromatic carbocycles. The Morgan fingerprint density at radius 1 is 1.29 bits per heavy atom. The number of aromatic amines is 2. The largest absolute Gasteiger partial charge is 0.573 e. The summed E-state index contributed by atoms with van der Waals surface area (Å²) < 4.78 is 44.2. The number of hydrogen-bond acceptors (Lipinski definition) is 6. The Morgan fingerprint density at radius 2 is 2.10 bits per heavy atom. The molecule has 3 aromatic heterocycles. The Kier molecular flexibility index (Phi) is 5.43. The standard InChI is InChI=1S/C18H15BrF3N7O2/c1-9-23-5-12(26-9)6-24-16-25-7-13-15(28-16)29(17(30)27-13)8-10-4-11(19)2-3-14(10)31-18(20,21)22/h2-5,7H,6,8H2,1H3,(H,23,26)(H,27,30)(H,24,25,28). The quantitative estimate of drug-likeness (QED) is 0.375. The van der Waals surface area contributed by atoms with Crippen LogP contribution in [0.5, 0.6) is 5.75 Å². The van der Waals surface area contributed by atoms with E-state index in [0.29, 0.717) is 16.5 Å². The summed E-state index contributed by atoms with van der Waals surface area (Å²) in [4.78, 5) is 30.8. The molecule has 0 bridgehead atoms. The van der Waals surface area contributed by atoms with Crippen LogP contribution >= 0.6 is 15.9 Å². The molecular formula is C18H15BrF3N7O2. The monoisotopic (exact) mass is 497 g/mol. The third-order valence-corrected chi connectivity index (χ3v) is 4.77. The molecule has 9 nitrogen and oxygen atoms in total. The van der Waals surface area contributed by atoms with E-state index in [1.807, 2.05) is 6.92 Å². The number of aryl methyl sites for hydroxylation is 1. The number of anilines is 1. The van der Waals surface area contributed by atoms with Gasteiger partial charge in [0.2, 0.25) is 5.95 Å². The zero-order chi connectivity index (χ0) is 22.2. The number of alkyl halides is 3. The average Bonchev–Trinajstić information content (AvgIpc) is 3.24. The van der Waals surface area contributed by atoms with Gasteiger partial charge in [0.1, 0.15) is 17.1 Å². The number of nitrogens with zero attached hydrogens (tertiary/aromatic N) is 4. The van der Waals surface area contributed by atoms with E-state index in [1.54, 1.807) is 6.20 Å². The van der Waals surface area contributed by atoms with Gasteiger partial charge in [0.15, 0.2) is 5.65 Å². The SMILES string of the molecule is Cc1nc(CNc2ncc3[nH]c(=O)n(Cc4cc(Br)ccc4OC(F)(F)F)c3n2)c[nH]1. The fraction of sp³-hybridized carbons (Fsp3) is 0.222. The molecule has 4 rings (SSSR count). The Labute approximate surface area is 180 Å². The smallest absolute Gasteiger partial charge is 0.405 e. The van der Waals surface area contributed by atoms with E-state index in [-0.39, 0.29) is 23.7 Å². The van der Waals surface area contributed by atoms with E-state index in [4.69, 9.17) is 0 Å². The fourth-order valence-electron chi connectivity index (χ4n) is 2.97. The minimum Gasteiger partial charge on any atom is -0.405 e. The van der Waals surface area contributed by atoms with Gasteiger partial charge in [0.05, 0.1) is 25.0 Å². The molecule has 0 radical (unpaired) electrons. The number of rotatable bonds is 6. The summed E-state index contributed by atoms with van der Waals surface area (Å²) in [6.45, 7) is 1.97. The summed E-state index contributed by atoms with van der Waals surface area (Å²) in [5.41, 5.74) is 0.936. The Balaban J connectivity index is 1.65. The van der Waals surface area contributed by atoms with E-state index in [0.717, 1.165) is 11.5 Å². The van der Waals surface area contributed by atoms with Crippen LogP contribution in [-0.2, 0) is 13.1 Å². The van der Waals surface area contributed by atoms with Gasteiger partial charge in [-0.3, -0.25) is 4.57 Å². The van der Waals surface area contributed by atoms with Gasteiger partial charge in [0.25, 0.3) is 0 Å². The summed E-state index contributed by atoms with van der Waals surface area (Å²) in [5, 5.41) is 3.00. The highest BCUT2D eigenvalue weighted by atomic mass is 79.9. The van der Waals surface area contributed by atoms with Crippen molar-refractivity contribution >= 4 is 33.0 Å². The summed E-state index contributed by atoms with van der Waals surface area (Å²) in [6.07, 6.45) is -1.70. The Morgan fingerprint density at radius 3 is 2.81 bits per heavy atom. The van der Waals surface area contributed by atoms with Crippen LogP contribution in [0, 0.1) is 6.92 Å². The minimum absolute atomic E-state index is 0.148. The number of benzene rings is 1. The molecule has 162 valence electrons. The number of H-pyrrole nitrogens is 2. The zero-order valence-electron chi connectivity index (χ0n) is 15.9. The van der Waals surface area contributed by atoms with Crippen molar-refractivity contribution in [3.05, 3.63) is 62.6 Å². The van der Waals surface area contributed by atoms with Crippen LogP contribution in [0.4, 0.5) is 19.1 Å². The molecular weight excluding hydrogens is 483 g/mol. The molecule has 13 heteroatoms. The maximum Gasteiger partial charge on any atom is 0.573 e. The number of hydrogen-bond donors (Lipinski definition) is 3. The summed E-state index contributed by atoms with van der Waals surface area (Å²) in [5.74, 6) is 0.596. The van der Waals surface area contributed by atoms with Gasteiger partial charge >= 0.3 is 12.1 Å². The molecule has 0 unspecified atom stereocenters. The van der Waals surface area contributed by atoms with E-state index < -0.39 is 17.8 Å². The second kappa shape index (κ2) is 8.06. The molecule has 0 saturated heterocycles. The van der Waals surface area contributed by atoms with E-state index in [2.05, 4.69) is 50.9 Å². The molecule has 0 fully saturated rings. The normalized spacial score (nSPS) is 11.8. The lowest BCUT2D eigenvalue weighted by molar-refractivity contribution is -0.274. The molecule has 4 aromatic rings. The van der Waals surface area contributed by atoms with Gasteiger partial charge in [-0.1, -0.05) is 15.9 Å². The number of nitrogens with one attached hydrogen (secondary N) is 3.